The standard InChI is InChI=1S/C20H30N2O2/c1-15-10-16(2)13-22(12-15)9-5-8-21-20(23)18-11-17-6-3-4-7-19(17)24-14-18/h3-4,6-7,15-16,18H,5,8-14H2,1-2H3,(H,21,23). The third-order valence-electron chi connectivity index (χ3n) is 5.14. The van der Waals surface area contributed by atoms with Crippen molar-refractivity contribution in [3.05, 3.63) is 29.8 Å². The highest BCUT2D eigenvalue weighted by Crippen LogP contribution is 2.26. The fourth-order valence-corrected chi connectivity index (χ4v) is 4.13. The third-order valence-corrected chi connectivity index (χ3v) is 5.14. The Labute approximate surface area is 145 Å². The highest BCUT2D eigenvalue weighted by Gasteiger charge is 2.25. The second-order valence-electron chi connectivity index (χ2n) is 7.67. The number of piperidine rings is 1. The number of ether oxygens (including phenoxy) is 1. The van der Waals surface area contributed by atoms with Gasteiger partial charge in [0.15, 0.2) is 0 Å². The molecular formula is C20H30N2O2. The van der Waals surface area contributed by atoms with E-state index in [1.54, 1.807) is 0 Å². The molecule has 1 amide bonds. The highest BCUT2D eigenvalue weighted by molar-refractivity contribution is 5.79. The normalized spacial score (nSPS) is 27.2. The summed E-state index contributed by atoms with van der Waals surface area (Å²) in [6, 6.07) is 8.00. The summed E-state index contributed by atoms with van der Waals surface area (Å²) >= 11 is 0. The van der Waals surface area contributed by atoms with E-state index in [1.165, 1.54) is 19.5 Å². The van der Waals surface area contributed by atoms with E-state index in [2.05, 4.69) is 24.1 Å². The van der Waals surface area contributed by atoms with Crippen LogP contribution in [0, 0.1) is 17.8 Å². The highest BCUT2D eigenvalue weighted by atomic mass is 16.5. The minimum Gasteiger partial charge on any atom is -0.492 e. The minimum atomic E-state index is -0.0602. The van der Waals surface area contributed by atoms with E-state index in [0.717, 1.165) is 49.1 Å². The number of fused-ring (bicyclic) bond motifs is 1. The molecule has 0 radical (unpaired) electrons. The number of hydrogen-bond donors (Lipinski definition) is 1. The van der Waals surface area contributed by atoms with Gasteiger partial charge in [0.25, 0.3) is 0 Å². The average Bonchev–Trinajstić information content (AvgIpc) is 2.57. The van der Waals surface area contributed by atoms with E-state index >= 15 is 0 Å². The molecule has 4 heteroatoms. The van der Waals surface area contributed by atoms with Crippen molar-refractivity contribution in [1.82, 2.24) is 10.2 Å². The monoisotopic (exact) mass is 330 g/mol. The van der Waals surface area contributed by atoms with Crippen LogP contribution in [-0.4, -0.2) is 43.6 Å². The fourth-order valence-electron chi connectivity index (χ4n) is 4.13. The number of nitrogens with zero attached hydrogens (tertiary/aromatic N) is 1. The van der Waals surface area contributed by atoms with E-state index in [9.17, 15) is 4.79 Å². The van der Waals surface area contributed by atoms with Gasteiger partial charge in [0.05, 0.1) is 5.92 Å². The summed E-state index contributed by atoms with van der Waals surface area (Å²) in [4.78, 5) is 14.9. The first-order valence-corrected chi connectivity index (χ1v) is 9.32. The topological polar surface area (TPSA) is 41.6 Å². The molecule has 1 saturated heterocycles. The van der Waals surface area contributed by atoms with Crippen molar-refractivity contribution in [3.8, 4) is 5.75 Å². The van der Waals surface area contributed by atoms with Crippen LogP contribution in [0.2, 0.25) is 0 Å². The molecule has 1 aromatic carbocycles. The summed E-state index contributed by atoms with van der Waals surface area (Å²) in [7, 11) is 0. The molecule has 3 atom stereocenters. The minimum absolute atomic E-state index is 0.0602. The van der Waals surface area contributed by atoms with Crippen molar-refractivity contribution < 1.29 is 9.53 Å². The molecule has 0 bridgehead atoms. The summed E-state index contributed by atoms with van der Waals surface area (Å²) in [5, 5.41) is 3.10. The van der Waals surface area contributed by atoms with Gasteiger partial charge < -0.3 is 15.0 Å². The van der Waals surface area contributed by atoms with Crippen molar-refractivity contribution in [1.29, 1.82) is 0 Å². The molecule has 0 aromatic heterocycles. The van der Waals surface area contributed by atoms with Crippen LogP contribution in [0.3, 0.4) is 0 Å². The molecule has 1 aromatic rings. The van der Waals surface area contributed by atoms with E-state index in [-0.39, 0.29) is 11.8 Å². The number of likely N-dealkylation sites (tertiary alicyclic amines) is 1. The molecule has 24 heavy (non-hydrogen) atoms. The first-order valence-electron chi connectivity index (χ1n) is 9.32. The van der Waals surface area contributed by atoms with E-state index in [0.29, 0.717) is 6.61 Å². The van der Waals surface area contributed by atoms with Gasteiger partial charge in [-0.05, 0) is 49.3 Å². The number of hydrogen-bond acceptors (Lipinski definition) is 3. The summed E-state index contributed by atoms with van der Waals surface area (Å²) in [5.41, 5.74) is 1.14. The first-order chi connectivity index (χ1) is 11.6. The Hall–Kier alpha value is -1.55. The smallest absolute Gasteiger partial charge is 0.226 e. The van der Waals surface area contributed by atoms with Gasteiger partial charge in [0.2, 0.25) is 5.91 Å². The van der Waals surface area contributed by atoms with Crippen LogP contribution in [0.15, 0.2) is 24.3 Å². The zero-order valence-electron chi connectivity index (χ0n) is 15.0. The number of para-hydroxylation sites is 1. The van der Waals surface area contributed by atoms with Crippen LogP contribution in [-0.2, 0) is 11.2 Å². The van der Waals surface area contributed by atoms with E-state index < -0.39 is 0 Å². The largest absolute Gasteiger partial charge is 0.492 e. The molecule has 1 N–H and O–H groups in total. The second kappa shape index (κ2) is 8.02. The van der Waals surface area contributed by atoms with Crippen LogP contribution in [0.5, 0.6) is 5.75 Å². The molecule has 4 nitrogen and oxygen atoms in total. The van der Waals surface area contributed by atoms with Gasteiger partial charge in [-0.1, -0.05) is 32.0 Å². The van der Waals surface area contributed by atoms with Crippen LogP contribution in [0.25, 0.3) is 0 Å². The van der Waals surface area contributed by atoms with Gasteiger partial charge in [-0.3, -0.25) is 4.79 Å². The number of carbonyl (C=O) groups is 1. The van der Waals surface area contributed by atoms with Crippen molar-refractivity contribution in [3.63, 3.8) is 0 Å². The molecule has 0 spiro atoms. The lowest BCUT2D eigenvalue weighted by atomic mass is 9.92. The van der Waals surface area contributed by atoms with Crippen LogP contribution in [0.4, 0.5) is 0 Å². The Kier molecular flexibility index (Phi) is 5.77. The predicted octanol–water partition coefficient (Wildman–Crippen LogP) is 2.72. The lowest BCUT2D eigenvalue weighted by Crippen LogP contribution is -2.41. The third kappa shape index (κ3) is 4.50. The molecule has 1 fully saturated rings. The number of rotatable bonds is 5. The van der Waals surface area contributed by atoms with E-state index in [4.69, 9.17) is 4.74 Å². The van der Waals surface area contributed by atoms with Gasteiger partial charge in [-0.25, -0.2) is 0 Å². The summed E-state index contributed by atoms with van der Waals surface area (Å²) in [6.07, 6.45) is 3.15. The van der Waals surface area contributed by atoms with Crippen molar-refractivity contribution in [2.24, 2.45) is 17.8 Å². The fraction of sp³-hybridized carbons (Fsp3) is 0.650. The van der Waals surface area contributed by atoms with Crippen LogP contribution in [0.1, 0.15) is 32.3 Å². The van der Waals surface area contributed by atoms with Crippen molar-refractivity contribution in [2.75, 3.05) is 32.8 Å². The molecule has 2 heterocycles. The van der Waals surface area contributed by atoms with Gasteiger partial charge >= 0.3 is 0 Å². The van der Waals surface area contributed by atoms with E-state index in [1.807, 2.05) is 24.3 Å². The Morgan fingerprint density at radius 1 is 1.25 bits per heavy atom. The SMILES string of the molecule is CC1CC(C)CN(CCCNC(=O)C2COc3ccccc3C2)C1. The molecule has 132 valence electrons. The zero-order valence-corrected chi connectivity index (χ0v) is 15.0. The molecule has 3 rings (SSSR count). The van der Waals surface area contributed by atoms with Gasteiger partial charge in [-0.2, -0.15) is 0 Å². The Morgan fingerprint density at radius 3 is 2.79 bits per heavy atom. The summed E-state index contributed by atoms with van der Waals surface area (Å²) in [6.45, 7) is 9.41. The molecular weight excluding hydrogens is 300 g/mol. The number of benzene rings is 1. The molecule has 0 saturated carbocycles. The number of amides is 1. The molecule has 3 unspecified atom stereocenters. The average molecular weight is 330 g/mol. The first kappa shape index (κ1) is 17.3. The molecule has 0 aliphatic carbocycles. The van der Waals surface area contributed by atoms with Gasteiger partial charge in [-0.15, -0.1) is 0 Å². The summed E-state index contributed by atoms with van der Waals surface area (Å²) in [5.74, 6) is 2.58. The number of nitrogens with one attached hydrogen (secondary N) is 1. The second-order valence-corrected chi connectivity index (χ2v) is 7.67. The maximum atomic E-state index is 12.4. The quantitative estimate of drug-likeness (QED) is 0.844. The Morgan fingerprint density at radius 2 is 2.00 bits per heavy atom. The number of carbonyl (C=O) groups excluding carboxylic acids is 1. The van der Waals surface area contributed by atoms with Gasteiger partial charge in [0.1, 0.15) is 12.4 Å². The van der Waals surface area contributed by atoms with Gasteiger partial charge in [0, 0.05) is 19.6 Å². The Bertz CT molecular complexity index is 550. The predicted molar refractivity (Wildman–Crippen MR) is 96.1 cm³/mol. The van der Waals surface area contributed by atoms with Crippen molar-refractivity contribution in [2.45, 2.75) is 33.1 Å². The zero-order chi connectivity index (χ0) is 16.9. The lowest BCUT2D eigenvalue weighted by Gasteiger charge is -2.35. The molecule has 2 aliphatic rings. The summed E-state index contributed by atoms with van der Waals surface area (Å²) < 4.78 is 5.71. The molecule has 2 aliphatic heterocycles. The maximum absolute atomic E-state index is 12.4. The van der Waals surface area contributed by atoms with Crippen LogP contribution < -0.4 is 10.1 Å². The maximum Gasteiger partial charge on any atom is 0.226 e. The van der Waals surface area contributed by atoms with Crippen LogP contribution >= 0.6 is 0 Å². The van der Waals surface area contributed by atoms with Crippen molar-refractivity contribution >= 4 is 5.91 Å². The Balaban J connectivity index is 1.37. The lowest BCUT2D eigenvalue weighted by molar-refractivity contribution is -0.126.